The first-order chi connectivity index (χ1) is 14.1. The van der Waals surface area contributed by atoms with Crippen LogP contribution in [0, 0.1) is 0 Å². The van der Waals surface area contributed by atoms with E-state index in [2.05, 4.69) is 16.0 Å². The summed E-state index contributed by atoms with van der Waals surface area (Å²) in [6.45, 7) is 6.21. The summed E-state index contributed by atoms with van der Waals surface area (Å²) in [4.78, 5) is 24.2. The van der Waals surface area contributed by atoms with Gasteiger partial charge in [-0.05, 0) is 49.7 Å². The Balaban J connectivity index is 1.83. The van der Waals surface area contributed by atoms with Gasteiger partial charge in [-0.3, -0.25) is 9.59 Å². The van der Waals surface area contributed by atoms with Crippen molar-refractivity contribution in [2.75, 3.05) is 43.5 Å². The molecule has 3 N–H and O–H groups in total. The zero-order chi connectivity index (χ0) is 20.9. The van der Waals surface area contributed by atoms with E-state index in [1.807, 2.05) is 26.0 Å². The summed E-state index contributed by atoms with van der Waals surface area (Å²) in [6.07, 6.45) is 0.890. The molecule has 156 valence electrons. The standard InChI is InChI=1S/C22H29N3O4/c1-3-13-23-22(27)17-9-11-18(12-10-17)24-16-21(26)25-19-7-5-6-8-20(19)29-15-14-28-4-2/h5-12,24H,3-4,13-16H2,1-2H3,(H,23,27)(H,25,26). The number of nitrogens with one attached hydrogen (secondary N) is 3. The third kappa shape index (κ3) is 7.83. The summed E-state index contributed by atoms with van der Waals surface area (Å²) in [5.74, 6) is 0.302. The highest BCUT2D eigenvalue weighted by Crippen LogP contribution is 2.23. The lowest BCUT2D eigenvalue weighted by molar-refractivity contribution is -0.114. The largest absolute Gasteiger partial charge is 0.489 e. The summed E-state index contributed by atoms with van der Waals surface area (Å²) in [7, 11) is 0. The Kier molecular flexibility index (Phi) is 9.51. The Hall–Kier alpha value is -3.06. The van der Waals surface area contributed by atoms with Gasteiger partial charge in [-0.25, -0.2) is 0 Å². The molecule has 0 aliphatic rings. The molecule has 7 heteroatoms. The SMILES string of the molecule is CCCNC(=O)c1ccc(NCC(=O)Nc2ccccc2OCCOCC)cc1. The van der Waals surface area contributed by atoms with Gasteiger partial charge in [0.25, 0.3) is 5.91 Å². The van der Waals surface area contributed by atoms with Crippen LogP contribution < -0.4 is 20.7 Å². The summed E-state index contributed by atoms with van der Waals surface area (Å²) in [5.41, 5.74) is 1.96. The average molecular weight is 399 g/mol. The Morgan fingerprint density at radius 2 is 1.72 bits per heavy atom. The van der Waals surface area contributed by atoms with E-state index in [0.29, 0.717) is 43.4 Å². The van der Waals surface area contributed by atoms with Crippen LogP contribution in [0.2, 0.25) is 0 Å². The van der Waals surface area contributed by atoms with Crippen LogP contribution in [0.4, 0.5) is 11.4 Å². The molecule has 0 heterocycles. The highest BCUT2D eigenvalue weighted by atomic mass is 16.5. The summed E-state index contributed by atoms with van der Waals surface area (Å²) in [6, 6.07) is 14.3. The van der Waals surface area contributed by atoms with Gasteiger partial charge in [0.15, 0.2) is 0 Å². The molecule has 7 nitrogen and oxygen atoms in total. The molecule has 0 radical (unpaired) electrons. The Morgan fingerprint density at radius 1 is 0.966 bits per heavy atom. The van der Waals surface area contributed by atoms with Gasteiger partial charge in [0, 0.05) is 24.4 Å². The van der Waals surface area contributed by atoms with Crippen LogP contribution in [0.3, 0.4) is 0 Å². The lowest BCUT2D eigenvalue weighted by Crippen LogP contribution is -2.24. The highest BCUT2D eigenvalue weighted by Gasteiger charge is 2.08. The zero-order valence-corrected chi connectivity index (χ0v) is 17.0. The van der Waals surface area contributed by atoms with Crippen LogP contribution in [-0.4, -0.2) is 44.7 Å². The second kappa shape index (κ2) is 12.4. The number of carbonyl (C=O) groups excluding carboxylic acids is 2. The quantitative estimate of drug-likeness (QED) is 0.477. The van der Waals surface area contributed by atoms with E-state index in [9.17, 15) is 9.59 Å². The smallest absolute Gasteiger partial charge is 0.251 e. The second-order valence-corrected chi connectivity index (χ2v) is 6.28. The van der Waals surface area contributed by atoms with Gasteiger partial charge in [0.1, 0.15) is 12.4 Å². The molecule has 0 saturated carbocycles. The van der Waals surface area contributed by atoms with Gasteiger partial charge in [-0.1, -0.05) is 19.1 Å². The first-order valence-electron chi connectivity index (χ1n) is 9.85. The molecule has 0 spiro atoms. The van der Waals surface area contributed by atoms with E-state index in [-0.39, 0.29) is 18.4 Å². The van der Waals surface area contributed by atoms with E-state index in [1.165, 1.54) is 0 Å². The highest BCUT2D eigenvalue weighted by molar-refractivity contribution is 5.96. The first kappa shape index (κ1) is 22.2. The van der Waals surface area contributed by atoms with Crippen LogP contribution in [0.25, 0.3) is 0 Å². The van der Waals surface area contributed by atoms with Crippen molar-refractivity contribution in [1.29, 1.82) is 0 Å². The fraction of sp³-hybridized carbons (Fsp3) is 0.364. The minimum atomic E-state index is -0.198. The van der Waals surface area contributed by atoms with E-state index < -0.39 is 0 Å². The fourth-order valence-electron chi connectivity index (χ4n) is 2.51. The number of rotatable bonds is 12. The lowest BCUT2D eigenvalue weighted by Gasteiger charge is -2.13. The number of hydrogen-bond acceptors (Lipinski definition) is 5. The number of benzene rings is 2. The molecule has 0 saturated heterocycles. The summed E-state index contributed by atoms with van der Waals surface area (Å²) >= 11 is 0. The van der Waals surface area contributed by atoms with Crippen molar-refractivity contribution in [2.24, 2.45) is 0 Å². The number of carbonyl (C=O) groups is 2. The number of anilines is 2. The van der Waals surface area contributed by atoms with Gasteiger partial charge in [-0.2, -0.15) is 0 Å². The molecular weight excluding hydrogens is 370 g/mol. The van der Waals surface area contributed by atoms with Crippen molar-refractivity contribution >= 4 is 23.2 Å². The van der Waals surface area contributed by atoms with Gasteiger partial charge in [0.2, 0.25) is 5.91 Å². The second-order valence-electron chi connectivity index (χ2n) is 6.28. The van der Waals surface area contributed by atoms with Crippen molar-refractivity contribution in [2.45, 2.75) is 20.3 Å². The van der Waals surface area contributed by atoms with Crippen LogP contribution >= 0.6 is 0 Å². The number of amides is 2. The van der Waals surface area contributed by atoms with Gasteiger partial charge in [-0.15, -0.1) is 0 Å². The predicted molar refractivity (Wildman–Crippen MR) is 115 cm³/mol. The van der Waals surface area contributed by atoms with E-state index in [1.54, 1.807) is 36.4 Å². The fourth-order valence-corrected chi connectivity index (χ4v) is 2.51. The maximum Gasteiger partial charge on any atom is 0.251 e. The molecule has 29 heavy (non-hydrogen) atoms. The number of para-hydroxylation sites is 2. The summed E-state index contributed by atoms with van der Waals surface area (Å²) in [5, 5.41) is 8.72. The molecule has 0 bridgehead atoms. The third-order valence-electron chi connectivity index (χ3n) is 3.99. The maximum atomic E-state index is 12.3. The zero-order valence-electron chi connectivity index (χ0n) is 17.0. The molecular formula is C22H29N3O4. The first-order valence-corrected chi connectivity index (χ1v) is 9.85. The maximum absolute atomic E-state index is 12.3. The molecule has 2 aromatic rings. The number of ether oxygens (including phenoxy) is 2. The lowest BCUT2D eigenvalue weighted by atomic mass is 10.2. The molecule has 0 fully saturated rings. The molecule has 0 aromatic heterocycles. The minimum Gasteiger partial charge on any atom is -0.489 e. The van der Waals surface area contributed by atoms with Crippen LogP contribution in [0.1, 0.15) is 30.6 Å². The van der Waals surface area contributed by atoms with Crippen LogP contribution in [0.15, 0.2) is 48.5 Å². The number of hydrogen-bond donors (Lipinski definition) is 3. The molecule has 0 aliphatic heterocycles. The van der Waals surface area contributed by atoms with Crippen molar-refractivity contribution in [1.82, 2.24) is 5.32 Å². The van der Waals surface area contributed by atoms with Gasteiger partial charge < -0.3 is 25.4 Å². The predicted octanol–water partition coefficient (Wildman–Crippen LogP) is 3.29. The molecule has 2 amide bonds. The summed E-state index contributed by atoms with van der Waals surface area (Å²) < 4.78 is 10.9. The molecule has 0 unspecified atom stereocenters. The van der Waals surface area contributed by atoms with Crippen molar-refractivity contribution < 1.29 is 19.1 Å². The molecule has 0 atom stereocenters. The van der Waals surface area contributed by atoms with Crippen LogP contribution in [-0.2, 0) is 9.53 Å². The minimum absolute atomic E-state index is 0.0919. The molecule has 2 aromatic carbocycles. The van der Waals surface area contributed by atoms with Gasteiger partial charge >= 0.3 is 0 Å². The Labute approximate surface area is 171 Å². The van der Waals surface area contributed by atoms with Gasteiger partial charge in [0.05, 0.1) is 18.8 Å². The Morgan fingerprint density at radius 3 is 2.45 bits per heavy atom. The molecule has 2 rings (SSSR count). The van der Waals surface area contributed by atoms with Crippen molar-refractivity contribution in [3.63, 3.8) is 0 Å². The van der Waals surface area contributed by atoms with E-state index in [0.717, 1.165) is 12.1 Å². The van der Waals surface area contributed by atoms with Crippen molar-refractivity contribution in [3.05, 3.63) is 54.1 Å². The van der Waals surface area contributed by atoms with Crippen molar-refractivity contribution in [3.8, 4) is 5.75 Å². The third-order valence-corrected chi connectivity index (χ3v) is 3.99. The monoisotopic (exact) mass is 399 g/mol. The molecule has 0 aliphatic carbocycles. The average Bonchev–Trinajstić information content (AvgIpc) is 2.75. The van der Waals surface area contributed by atoms with Crippen LogP contribution in [0.5, 0.6) is 5.75 Å². The topological polar surface area (TPSA) is 88.7 Å². The Bertz CT molecular complexity index is 778. The van der Waals surface area contributed by atoms with E-state index >= 15 is 0 Å². The van der Waals surface area contributed by atoms with E-state index in [4.69, 9.17) is 9.47 Å². The normalized spacial score (nSPS) is 10.3.